The highest BCUT2D eigenvalue weighted by molar-refractivity contribution is 5.87. The van der Waals surface area contributed by atoms with Crippen LogP contribution < -0.4 is 5.32 Å². The number of aromatic nitrogens is 1. The number of morpholine rings is 1. The van der Waals surface area contributed by atoms with Gasteiger partial charge in [-0.15, -0.1) is 0 Å². The molecule has 1 saturated heterocycles. The van der Waals surface area contributed by atoms with Crippen molar-refractivity contribution < 1.29 is 14.3 Å². The zero-order valence-electron chi connectivity index (χ0n) is 16.5. The van der Waals surface area contributed by atoms with Crippen molar-refractivity contribution in [3.63, 3.8) is 0 Å². The third kappa shape index (κ3) is 4.22. The van der Waals surface area contributed by atoms with E-state index in [1.54, 1.807) is 24.3 Å². The maximum Gasteiger partial charge on any atom is 0.254 e. The van der Waals surface area contributed by atoms with Gasteiger partial charge in [-0.1, -0.05) is 31.2 Å². The van der Waals surface area contributed by atoms with E-state index in [1.807, 2.05) is 43.3 Å². The van der Waals surface area contributed by atoms with Crippen molar-refractivity contribution in [1.82, 2.24) is 15.2 Å². The lowest BCUT2D eigenvalue weighted by Crippen LogP contribution is -2.61. The first kappa shape index (κ1) is 20.0. The molecule has 1 atom stereocenters. The average molecular weight is 381 g/mol. The third-order valence-electron chi connectivity index (χ3n) is 5.13. The summed E-state index contributed by atoms with van der Waals surface area (Å²) in [7, 11) is 1.61. The van der Waals surface area contributed by atoms with Gasteiger partial charge in [0.25, 0.3) is 5.91 Å². The van der Waals surface area contributed by atoms with Crippen molar-refractivity contribution in [2.45, 2.75) is 31.8 Å². The Morgan fingerprint density at radius 1 is 1.21 bits per heavy atom. The van der Waals surface area contributed by atoms with Gasteiger partial charge in [0, 0.05) is 38.8 Å². The number of carbonyl (C=O) groups is 2. The predicted molar refractivity (Wildman–Crippen MR) is 108 cm³/mol. The molecule has 1 fully saturated rings. The molecule has 148 valence electrons. The minimum absolute atomic E-state index is 0.0708. The lowest BCUT2D eigenvalue weighted by atomic mass is 9.87. The number of rotatable bonds is 6. The number of likely N-dealkylation sites (N-methyl/N-ethyl adjacent to an activating group) is 1. The number of nitrogens with one attached hydrogen (secondary N) is 1. The Bertz CT molecular complexity index is 825. The molecule has 2 aromatic rings. The van der Waals surface area contributed by atoms with Crippen LogP contribution in [0.5, 0.6) is 0 Å². The van der Waals surface area contributed by atoms with E-state index in [9.17, 15) is 9.59 Å². The fraction of sp³-hybridized carbons (Fsp3) is 0.409. The number of hydrogen-bond donors (Lipinski definition) is 1. The van der Waals surface area contributed by atoms with Crippen molar-refractivity contribution in [2.24, 2.45) is 0 Å². The molecule has 3 rings (SSSR count). The van der Waals surface area contributed by atoms with E-state index in [4.69, 9.17) is 4.74 Å². The molecule has 0 aliphatic carbocycles. The number of carbonyl (C=O) groups excluding carboxylic acids is 2. The molecule has 1 aromatic heterocycles. The highest BCUT2D eigenvalue weighted by Gasteiger charge is 2.44. The van der Waals surface area contributed by atoms with Crippen LogP contribution >= 0.6 is 0 Å². The monoisotopic (exact) mass is 381 g/mol. The number of hydrogen-bond acceptors (Lipinski definition) is 4. The topological polar surface area (TPSA) is 71.5 Å². The van der Waals surface area contributed by atoms with Gasteiger partial charge in [-0.25, -0.2) is 0 Å². The second-order valence-electron chi connectivity index (χ2n) is 7.06. The maximum atomic E-state index is 12.9. The van der Waals surface area contributed by atoms with Gasteiger partial charge in [0.15, 0.2) is 5.60 Å². The molecule has 1 aliphatic rings. The van der Waals surface area contributed by atoms with Gasteiger partial charge in [0.05, 0.1) is 13.2 Å². The normalized spacial score (nSPS) is 19.3. The second-order valence-corrected chi connectivity index (χ2v) is 7.06. The van der Waals surface area contributed by atoms with Crippen LogP contribution in [0.3, 0.4) is 0 Å². The lowest BCUT2D eigenvalue weighted by molar-refractivity contribution is -0.165. The standard InChI is InChI=1S/C22H27N3O3/c1-3-6-20(26)25-13-14-28-22(16-25,21(27)23-2)15-18-7-4-5-8-19(18)17-9-11-24-12-10-17/h4-5,7-12H,3,6,13-16H2,1-2H3,(H,23,27). The molecule has 6 nitrogen and oxygen atoms in total. The van der Waals surface area contributed by atoms with E-state index in [0.717, 1.165) is 23.1 Å². The fourth-order valence-electron chi connectivity index (χ4n) is 3.72. The summed E-state index contributed by atoms with van der Waals surface area (Å²) in [4.78, 5) is 31.2. The van der Waals surface area contributed by atoms with Gasteiger partial charge in [-0.3, -0.25) is 14.6 Å². The molecule has 0 spiro atoms. The number of benzene rings is 1. The maximum absolute atomic E-state index is 12.9. The Morgan fingerprint density at radius 3 is 2.68 bits per heavy atom. The largest absolute Gasteiger partial charge is 0.361 e. The van der Waals surface area contributed by atoms with Gasteiger partial charge in [0.2, 0.25) is 5.91 Å². The van der Waals surface area contributed by atoms with Gasteiger partial charge in [-0.2, -0.15) is 0 Å². The summed E-state index contributed by atoms with van der Waals surface area (Å²) in [6, 6.07) is 11.9. The lowest BCUT2D eigenvalue weighted by Gasteiger charge is -2.41. The minimum atomic E-state index is -1.10. The molecular weight excluding hydrogens is 354 g/mol. The molecule has 28 heavy (non-hydrogen) atoms. The summed E-state index contributed by atoms with van der Waals surface area (Å²) in [5, 5.41) is 2.73. The quantitative estimate of drug-likeness (QED) is 0.834. The van der Waals surface area contributed by atoms with Crippen LogP contribution in [0.25, 0.3) is 11.1 Å². The number of nitrogens with zero attached hydrogens (tertiary/aromatic N) is 2. The molecule has 2 amide bonds. The molecular formula is C22H27N3O3. The molecule has 0 radical (unpaired) electrons. The molecule has 2 heterocycles. The van der Waals surface area contributed by atoms with Crippen LogP contribution in [0.2, 0.25) is 0 Å². The van der Waals surface area contributed by atoms with E-state index < -0.39 is 5.60 Å². The zero-order valence-corrected chi connectivity index (χ0v) is 16.5. The van der Waals surface area contributed by atoms with Gasteiger partial charge in [0.1, 0.15) is 0 Å². The molecule has 1 N–H and O–H groups in total. The average Bonchev–Trinajstić information content (AvgIpc) is 2.74. The Hall–Kier alpha value is -2.73. The van der Waals surface area contributed by atoms with Crippen molar-refractivity contribution >= 4 is 11.8 Å². The first-order valence-electron chi connectivity index (χ1n) is 9.72. The minimum Gasteiger partial charge on any atom is -0.361 e. The number of pyridine rings is 1. The Labute approximate surface area is 165 Å². The summed E-state index contributed by atoms with van der Waals surface area (Å²) in [5.74, 6) is -0.132. The first-order chi connectivity index (χ1) is 13.6. The molecule has 1 aliphatic heterocycles. The predicted octanol–water partition coefficient (Wildman–Crippen LogP) is 2.43. The van der Waals surface area contributed by atoms with Gasteiger partial charge >= 0.3 is 0 Å². The van der Waals surface area contributed by atoms with Crippen LogP contribution in [0.15, 0.2) is 48.8 Å². The summed E-state index contributed by atoms with van der Waals surface area (Å²) in [5.41, 5.74) is 1.97. The fourth-order valence-corrected chi connectivity index (χ4v) is 3.72. The van der Waals surface area contributed by atoms with Crippen molar-refractivity contribution in [2.75, 3.05) is 26.7 Å². The van der Waals surface area contributed by atoms with Crippen LogP contribution in [-0.4, -0.2) is 54.0 Å². The molecule has 0 bridgehead atoms. The second kappa shape index (κ2) is 8.97. The Kier molecular flexibility index (Phi) is 6.41. The van der Waals surface area contributed by atoms with Crippen molar-refractivity contribution in [3.8, 4) is 11.1 Å². The van der Waals surface area contributed by atoms with E-state index >= 15 is 0 Å². The summed E-state index contributed by atoms with van der Waals surface area (Å²) in [6.45, 7) is 3.11. The highest BCUT2D eigenvalue weighted by Crippen LogP contribution is 2.30. The van der Waals surface area contributed by atoms with Crippen LogP contribution in [0.1, 0.15) is 25.3 Å². The van der Waals surface area contributed by atoms with E-state index in [2.05, 4.69) is 10.3 Å². The first-order valence-corrected chi connectivity index (χ1v) is 9.72. The Morgan fingerprint density at radius 2 is 1.96 bits per heavy atom. The molecule has 1 aromatic carbocycles. The molecule has 6 heteroatoms. The Balaban J connectivity index is 1.94. The van der Waals surface area contributed by atoms with Crippen LogP contribution in [-0.2, 0) is 20.7 Å². The third-order valence-corrected chi connectivity index (χ3v) is 5.13. The van der Waals surface area contributed by atoms with Crippen LogP contribution in [0.4, 0.5) is 0 Å². The van der Waals surface area contributed by atoms with E-state index in [-0.39, 0.29) is 18.4 Å². The van der Waals surface area contributed by atoms with Gasteiger partial charge in [-0.05, 0) is 35.2 Å². The SMILES string of the molecule is CCCC(=O)N1CCOC(Cc2ccccc2-c2ccncc2)(C(=O)NC)C1. The van der Waals surface area contributed by atoms with Crippen molar-refractivity contribution in [3.05, 3.63) is 54.4 Å². The van der Waals surface area contributed by atoms with Crippen LogP contribution in [0, 0.1) is 0 Å². The highest BCUT2D eigenvalue weighted by atomic mass is 16.5. The molecule has 1 unspecified atom stereocenters. The van der Waals surface area contributed by atoms with E-state index in [0.29, 0.717) is 26.0 Å². The summed E-state index contributed by atoms with van der Waals surface area (Å²) in [6.07, 6.45) is 5.17. The smallest absolute Gasteiger partial charge is 0.254 e. The zero-order chi connectivity index (χ0) is 20.0. The number of amides is 2. The van der Waals surface area contributed by atoms with Gasteiger partial charge < -0.3 is 15.0 Å². The van der Waals surface area contributed by atoms with Crippen molar-refractivity contribution in [1.29, 1.82) is 0 Å². The summed E-state index contributed by atoms with van der Waals surface area (Å²) < 4.78 is 6.05. The van der Waals surface area contributed by atoms with E-state index in [1.165, 1.54) is 0 Å². The summed E-state index contributed by atoms with van der Waals surface area (Å²) >= 11 is 0. The number of ether oxygens (including phenoxy) is 1. The molecule has 0 saturated carbocycles.